The number of nitrogens with one attached hydrogen (secondary N) is 1. The van der Waals surface area contributed by atoms with Crippen molar-refractivity contribution in [2.75, 3.05) is 5.32 Å². The minimum Gasteiger partial charge on any atom is -0.452 e. The standard InChI is InChI=1S/C19H27ClN2O3/c1-12(17(23)22-16-10-9-15(20)11-21-16)25-18(24)13-5-7-14(8-6-13)19(2,3)4/h9-14H,5-8H2,1-4H3,(H,21,22,23)/t12-,13?,14?/m1/s1. The number of pyridine rings is 1. The van der Waals surface area contributed by atoms with Crippen molar-refractivity contribution < 1.29 is 14.3 Å². The van der Waals surface area contributed by atoms with E-state index in [-0.39, 0.29) is 17.3 Å². The molecule has 1 N–H and O–H groups in total. The molecule has 0 bridgehead atoms. The van der Waals surface area contributed by atoms with Crippen molar-refractivity contribution in [1.82, 2.24) is 4.98 Å². The summed E-state index contributed by atoms with van der Waals surface area (Å²) in [6, 6.07) is 3.23. The van der Waals surface area contributed by atoms with E-state index >= 15 is 0 Å². The van der Waals surface area contributed by atoms with Crippen LogP contribution in [-0.2, 0) is 14.3 Å². The van der Waals surface area contributed by atoms with Gasteiger partial charge in [-0.15, -0.1) is 0 Å². The molecule has 138 valence electrons. The Labute approximate surface area is 154 Å². The Kier molecular flexibility index (Phi) is 6.44. The van der Waals surface area contributed by atoms with Crippen LogP contribution in [0.25, 0.3) is 0 Å². The molecule has 1 atom stereocenters. The zero-order valence-electron chi connectivity index (χ0n) is 15.3. The summed E-state index contributed by atoms with van der Waals surface area (Å²) < 4.78 is 5.36. The molecule has 6 heteroatoms. The number of halogens is 1. The van der Waals surface area contributed by atoms with Crippen LogP contribution in [0.3, 0.4) is 0 Å². The summed E-state index contributed by atoms with van der Waals surface area (Å²) in [7, 11) is 0. The second kappa shape index (κ2) is 8.17. The predicted molar refractivity (Wildman–Crippen MR) is 98.3 cm³/mol. The molecule has 1 heterocycles. The zero-order valence-corrected chi connectivity index (χ0v) is 16.1. The molecule has 5 nitrogen and oxygen atoms in total. The number of aromatic nitrogens is 1. The molecule has 1 amide bonds. The van der Waals surface area contributed by atoms with Gasteiger partial charge in [0, 0.05) is 6.20 Å². The van der Waals surface area contributed by atoms with Crippen LogP contribution in [0.1, 0.15) is 53.4 Å². The number of anilines is 1. The molecule has 1 aliphatic carbocycles. The third kappa shape index (κ3) is 5.70. The number of ether oxygens (including phenoxy) is 1. The number of hydrogen-bond acceptors (Lipinski definition) is 4. The van der Waals surface area contributed by atoms with Gasteiger partial charge in [-0.1, -0.05) is 32.4 Å². The van der Waals surface area contributed by atoms with Crippen LogP contribution in [0.15, 0.2) is 18.3 Å². The second-order valence-corrected chi connectivity index (χ2v) is 8.28. The highest BCUT2D eigenvalue weighted by molar-refractivity contribution is 6.30. The third-order valence-electron chi connectivity index (χ3n) is 4.93. The molecule has 2 rings (SSSR count). The van der Waals surface area contributed by atoms with Crippen LogP contribution in [0.5, 0.6) is 0 Å². The lowest BCUT2D eigenvalue weighted by molar-refractivity contribution is -0.158. The van der Waals surface area contributed by atoms with E-state index < -0.39 is 12.0 Å². The SMILES string of the molecule is C[C@@H](OC(=O)C1CCC(C(C)(C)C)CC1)C(=O)Nc1ccc(Cl)cn1. The fourth-order valence-corrected chi connectivity index (χ4v) is 3.31. The summed E-state index contributed by atoms with van der Waals surface area (Å²) in [6.45, 7) is 8.30. The minimum atomic E-state index is -0.856. The minimum absolute atomic E-state index is 0.109. The van der Waals surface area contributed by atoms with Crippen LogP contribution in [0.2, 0.25) is 5.02 Å². The summed E-state index contributed by atoms with van der Waals surface area (Å²) in [6.07, 6.45) is 4.30. The molecular weight excluding hydrogens is 340 g/mol. The van der Waals surface area contributed by atoms with Gasteiger partial charge in [0.2, 0.25) is 0 Å². The van der Waals surface area contributed by atoms with Crippen LogP contribution < -0.4 is 5.32 Å². The van der Waals surface area contributed by atoms with Gasteiger partial charge in [0.15, 0.2) is 6.10 Å². The van der Waals surface area contributed by atoms with Crippen molar-refractivity contribution in [3.8, 4) is 0 Å². The second-order valence-electron chi connectivity index (χ2n) is 7.84. The molecule has 1 saturated carbocycles. The summed E-state index contributed by atoms with van der Waals surface area (Å²) in [4.78, 5) is 28.5. The quantitative estimate of drug-likeness (QED) is 0.799. The number of hydrogen-bond donors (Lipinski definition) is 1. The molecule has 0 unspecified atom stereocenters. The monoisotopic (exact) mass is 366 g/mol. The van der Waals surface area contributed by atoms with Gasteiger partial charge < -0.3 is 10.1 Å². The van der Waals surface area contributed by atoms with E-state index in [0.29, 0.717) is 16.8 Å². The van der Waals surface area contributed by atoms with Gasteiger partial charge >= 0.3 is 5.97 Å². The maximum Gasteiger partial charge on any atom is 0.309 e. The van der Waals surface area contributed by atoms with Crippen molar-refractivity contribution >= 4 is 29.3 Å². The first-order valence-corrected chi connectivity index (χ1v) is 9.17. The van der Waals surface area contributed by atoms with Gasteiger partial charge in [0.1, 0.15) is 5.82 Å². The van der Waals surface area contributed by atoms with Gasteiger partial charge in [0.25, 0.3) is 5.91 Å². The van der Waals surface area contributed by atoms with E-state index in [4.69, 9.17) is 16.3 Å². The average Bonchev–Trinajstić information content (AvgIpc) is 2.56. The van der Waals surface area contributed by atoms with E-state index in [9.17, 15) is 9.59 Å². The average molecular weight is 367 g/mol. The highest BCUT2D eigenvalue weighted by Gasteiger charge is 2.34. The smallest absolute Gasteiger partial charge is 0.309 e. The number of rotatable bonds is 4. The normalized spacial score (nSPS) is 22.1. The van der Waals surface area contributed by atoms with Crippen molar-refractivity contribution in [2.45, 2.75) is 59.5 Å². The van der Waals surface area contributed by atoms with E-state index in [0.717, 1.165) is 25.7 Å². The highest BCUT2D eigenvalue weighted by Crippen LogP contribution is 2.40. The fraction of sp³-hybridized carbons (Fsp3) is 0.632. The van der Waals surface area contributed by atoms with E-state index in [2.05, 4.69) is 31.1 Å². The Bertz CT molecular complexity index is 602. The fourth-order valence-electron chi connectivity index (χ4n) is 3.20. The summed E-state index contributed by atoms with van der Waals surface area (Å²) in [5.41, 5.74) is 0.271. The lowest BCUT2D eigenvalue weighted by Crippen LogP contribution is -2.34. The molecule has 0 saturated heterocycles. The molecular formula is C19H27ClN2O3. The summed E-state index contributed by atoms with van der Waals surface area (Å²) in [5, 5.41) is 3.11. The molecule has 0 spiro atoms. The Balaban J connectivity index is 1.81. The first-order valence-electron chi connectivity index (χ1n) is 8.79. The lowest BCUT2D eigenvalue weighted by atomic mass is 9.70. The topological polar surface area (TPSA) is 68.3 Å². The Morgan fingerprint density at radius 3 is 2.40 bits per heavy atom. The van der Waals surface area contributed by atoms with Gasteiger partial charge in [-0.05, 0) is 56.1 Å². The van der Waals surface area contributed by atoms with Crippen LogP contribution in [0, 0.1) is 17.3 Å². The molecule has 0 radical (unpaired) electrons. The maximum atomic E-state index is 12.3. The van der Waals surface area contributed by atoms with E-state index in [1.54, 1.807) is 19.1 Å². The molecule has 1 aromatic rings. The molecule has 1 aromatic heterocycles. The van der Waals surface area contributed by atoms with Crippen LogP contribution in [-0.4, -0.2) is 23.0 Å². The van der Waals surface area contributed by atoms with E-state index in [1.165, 1.54) is 6.20 Å². The summed E-state index contributed by atoms with van der Waals surface area (Å²) in [5.74, 6) is 0.226. The number of nitrogens with zero attached hydrogens (tertiary/aromatic N) is 1. The number of amides is 1. The molecule has 1 aliphatic rings. The molecule has 25 heavy (non-hydrogen) atoms. The first kappa shape index (κ1) is 19.7. The van der Waals surface area contributed by atoms with Gasteiger partial charge in [-0.2, -0.15) is 0 Å². The van der Waals surface area contributed by atoms with Crippen LogP contribution in [0.4, 0.5) is 5.82 Å². The molecule has 1 fully saturated rings. The Hall–Kier alpha value is -1.62. The van der Waals surface area contributed by atoms with Gasteiger partial charge in [0.05, 0.1) is 10.9 Å². The van der Waals surface area contributed by atoms with Crippen molar-refractivity contribution in [1.29, 1.82) is 0 Å². The summed E-state index contributed by atoms with van der Waals surface area (Å²) >= 11 is 5.76. The Morgan fingerprint density at radius 1 is 1.24 bits per heavy atom. The largest absolute Gasteiger partial charge is 0.452 e. The van der Waals surface area contributed by atoms with Crippen molar-refractivity contribution in [3.63, 3.8) is 0 Å². The zero-order chi connectivity index (χ0) is 18.6. The predicted octanol–water partition coefficient (Wildman–Crippen LogP) is 4.46. The lowest BCUT2D eigenvalue weighted by Gasteiger charge is -2.36. The maximum absolute atomic E-state index is 12.3. The molecule has 0 aromatic carbocycles. The first-order chi connectivity index (χ1) is 11.7. The number of esters is 1. The van der Waals surface area contributed by atoms with E-state index in [1.807, 2.05) is 0 Å². The van der Waals surface area contributed by atoms with Gasteiger partial charge in [-0.3, -0.25) is 9.59 Å². The Morgan fingerprint density at radius 2 is 1.88 bits per heavy atom. The number of carbonyl (C=O) groups is 2. The number of carbonyl (C=O) groups excluding carboxylic acids is 2. The highest BCUT2D eigenvalue weighted by atomic mass is 35.5. The van der Waals surface area contributed by atoms with Crippen molar-refractivity contribution in [3.05, 3.63) is 23.4 Å². The van der Waals surface area contributed by atoms with Crippen LogP contribution >= 0.6 is 11.6 Å². The van der Waals surface area contributed by atoms with Gasteiger partial charge in [-0.25, -0.2) is 4.98 Å². The van der Waals surface area contributed by atoms with Crippen molar-refractivity contribution in [2.24, 2.45) is 17.3 Å². The third-order valence-corrected chi connectivity index (χ3v) is 5.15. The molecule has 0 aliphatic heterocycles.